The highest BCUT2D eigenvalue weighted by molar-refractivity contribution is 5.78. The number of carbonyl (C=O) groups excluding carboxylic acids is 1. The Hall–Kier alpha value is -4.70. The van der Waals surface area contributed by atoms with Crippen LogP contribution in [0.5, 0.6) is 5.75 Å². The summed E-state index contributed by atoms with van der Waals surface area (Å²) in [6.45, 7) is 2.04. The average Bonchev–Trinajstić information content (AvgIpc) is 3.16. The van der Waals surface area contributed by atoms with Gasteiger partial charge in [-0.1, -0.05) is 121 Å². The summed E-state index contributed by atoms with van der Waals surface area (Å²) < 4.78 is 48.3. The lowest BCUT2D eigenvalue weighted by atomic mass is 9.86. The Morgan fingerprint density at radius 3 is 1.76 bits per heavy atom. The van der Waals surface area contributed by atoms with Crippen LogP contribution in [-0.2, 0) is 51.2 Å². The third-order valence-electron chi connectivity index (χ3n) is 8.75. The van der Waals surface area contributed by atoms with Crippen LogP contribution in [0.3, 0.4) is 0 Å². The SMILES string of the molecule is Cc1cc(OCc2ccccc2)c(C2(O)O[C@H](COCc3ccccc3)[C@@H](F)[C@H](OCc3ccccc3)[C@H]2OCc2ccccc2)cc1C=O. The number of rotatable bonds is 15. The molecule has 0 amide bonds. The minimum atomic E-state index is -2.34. The molecule has 5 aromatic rings. The number of aldehydes is 1. The second kappa shape index (κ2) is 16.8. The van der Waals surface area contributed by atoms with Gasteiger partial charge in [-0.3, -0.25) is 4.79 Å². The maximum Gasteiger partial charge on any atom is 0.226 e. The Kier molecular flexibility index (Phi) is 11.8. The number of aryl methyl sites for hydroxylation is 1. The van der Waals surface area contributed by atoms with Crippen LogP contribution in [0.1, 0.15) is 43.7 Å². The van der Waals surface area contributed by atoms with Gasteiger partial charge in [0.1, 0.15) is 37.0 Å². The summed E-state index contributed by atoms with van der Waals surface area (Å²) in [5.74, 6) is -2.08. The van der Waals surface area contributed by atoms with E-state index in [1.54, 1.807) is 13.0 Å². The lowest BCUT2D eigenvalue weighted by molar-refractivity contribution is -0.367. The zero-order valence-corrected chi connectivity index (χ0v) is 27.9. The minimum absolute atomic E-state index is 0.0247. The number of carbonyl (C=O) groups is 1. The smallest absolute Gasteiger partial charge is 0.226 e. The second-order valence-electron chi connectivity index (χ2n) is 12.4. The lowest BCUT2D eigenvalue weighted by Crippen LogP contribution is -2.64. The quantitative estimate of drug-likeness (QED) is 0.114. The van der Waals surface area contributed by atoms with Gasteiger partial charge in [-0.2, -0.15) is 0 Å². The topological polar surface area (TPSA) is 83.5 Å². The molecule has 1 fully saturated rings. The van der Waals surface area contributed by atoms with E-state index in [-0.39, 0.29) is 44.3 Å². The fraction of sp³-hybridized carbons (Fsp3) is 0.262. The van der Waals surface area contributed by atoms with Crippen molar-refractivity contribution < 1.29 is 38.0 Å². The van der Waals surface area contributed by atoms with Gasteiger partial charge in [0.2, 0.25) is 5.79 Å². The number of aliphatic hydroxyl groups is 1. The molecular weight excluding hydrogens is 635 g/mol. The first kappa shape index (κ1) is 35.1. The molecule has 1 saturated heterocycles. The molecular formula is C42H41FO7. The fourth-order valence-electron chi connectivity index (χ4n) is 6.05. The molecule has 1 aliphatic heterocycles. The molecule has 0 aromatic heterocycles. The summed E-state index contributed by atoms with van der Waals surface area (Å²) in [7, 11) is 0. The van der Waals surface area contributed by atoms with Crippen LogP contribution in [-0.4, -0.2) is 42.5 Å². The summed E-state index contributed by atoms with van der Waals surface area (Å²) in [5, 5.41) is 12.9. The third-order valence-corrected chi connectivity index (χ3v) is 8.75. The van der Waals surface area contributed by atoms with Crippen molar-refractivity contribution >= 4 is 6.29 Å². The van der Waals surface area contributed by atoms with Crippen LogP contribution in [0.4, 0.5) is 4.39 Å². The number of benzene rings is 5. The van der Waals surface area contributed by atoms with Crippen molar-refractivity contribution in [3.8, 4) is 5.75 Å². The van der Waals surface area contributed by atoms with Crippen molar-refractivity contribution in [2.45, 2.75) is 63.6 Å². The largest absolute Gasteiger partial charge is 0.488 e. The monoisotopic (exact) mass is 676 g/mol. The molecule has 1 heterocycles. The van der Waals surface area contributed by atoms with E-state index in [2.05, 4.69) is 0 Å². The van der Waals surface area contributed by atoms with Gasteiger partial charge in [0.25, 0.3) is 0 Å². The number of hydrogen-bond donors (Lipinski definition) is 1. The molecule has 5 aromatic carbocycles. The van der Waals surface area contributed by atoms with Gasteiger partial charge in [0.05, 0.1) is 32.0 Å². The van der Waals surface area contributed by atoms with Gasteiger partial charge < -0.3 is 28.8 Å². The first-order valence-corrected chi connectivity index (χ1v) is 16.7. The molecule has 0 spiro atoms. The van der Waals surface area contributed by atoms with Gasteiger partial charge in [-0.15, -0.1) is 0 Å². The molecule has 6 rings (SSSR count). The maximum atomic E-state index is 16.8. The van der Waals surface area contributed by atoms with Gasteiger partial charge in [0, 0.05) is 5.56 Å². The molecule has 1 N–H and O–H groups in total. The van der Waals surface area contributed by atoms with Gasteiger partial charge in [0.15, 0.2) is 6.17 Å². The van der Waals surface area contributed by atoms with Crippen molar-refractivity contribution in [3.63, 3.8) is 0 Å². The molecule has 5 atom stereocenters. The normalized spacial score (nSPS) is 21.8. The van der Waals surface area contributed by atoms with Crippen molar-refractivity contribution in [2.75, 3.05) is 6.61 Å². The Balaban J connectivity index is 1.40. The molecule has 1 aliphatic rings. The van der Waals surface area contributed by atoms with Crippen LogP contribution in [0.15, 0.2) is 133 Å². The van der Waals surface area contributed by atoms with Gasteiger partial charge in [-0.05, 0) is 46.9 Å². The molecule has 1 unspecified atom stereocenters. The van der Waals surface area contributed by atoms with E-state index in [1.165, 1.54) is 6.07 Å². The summed E-state index contributed by atoms with van der Waals surface area (Å²) >= 11 is 0. The average molecular weight is 677 g/mol. The highest BCUT2D eigenvalue weighted by Gasteiger charge is 2.58. The van der Waals surface area contributed by atoms with E-state index < -0.39 is 30.3 Å². The first-order chi connectivity index (χ1) is 24.4. The van der Waals surface area contributed by atoms with E-state index >= 15 is 4.39 Å². The minimum Gasteiger partial charge on any atom is -0.488 e. The predicted molar refractivity (Wildman–Crippen MR) is 187 cm³/mol. The van der Waals surface area contributed by atoms with Crippen molar-refractivity contribution in [3.05, 3.63) is 172 Å². The molecule has 0 radical (unpaired) electrons. The predicted octanol–water partition coefficient (Wildman–Crippen LogP) is 7.66. The Morgan fingerprint density at radius 2 is 1.22 bits per heavy atom. The number of hydrogen-bond acceptors (Lipinski definition) is 7. The van der Waals surface area contributed by atoms with Crippen LogP contribution in [0, 0.1) is 6.92 Å². The summed E-state index contributed by atoms with van der Waals surface area (Å²) in [6, 6.07) is 41.1. The summed E-state index contributed by atoms with van der Waals surface area (Å²) in [5.41, 5.74) is 4.48. The highest BCUT2D eigenvalue weighted by Crippen LogP contribution is 2.45. The molecule has 7 nitrogen and oxygen atoms in total. The fourth-order valence-corrected chi connectivity index (χ4v) is 6.05. The number of halogens is 1. The van der Waals surface area contributed by atoms with Crippen LogP contribution in [0.2, 0.25) is 0 Å². The third kappa shape index (κ3) is 8.53. The van der Waals surface area contributed by atoms with Gasteiger partial charge in [-0.25, -0.2) is 4.39 Å². The first-order valence-electron chi connectivity index (χ1n) is 16.7. The summed E-state index contributed by atoms with van der Waals surface area (Å²) in [4.78, 5) is 12.3. The standard InChI is InChI=1S/C42H41FO7/c1-30-22-37(47-26-32-16-8-3-9-17-32)36(23-35(30)24-44)42(45)41(49-28-34-20-12-5-13-21-34)40(48-27-33-18-10-4-11-19-33)39(43)38(50-42)29-46-25-31-14-6-2-7-15-31/h2-24,38-41,45H,25-29H2,1H3/t38-,39-,40+,41-,42?/m1/s1. The van der Waals surface area contributed by atoms with E-state index in [0.29, 0.717) is 17.4 Å². The number of ether oxygens (including phenoxy) is 5. The number of alkyl halides is 1. The van der Waals surface area contributed by atoms with Crippen LogP contribution in [0.25, 0.3) is 0 Å². The van der Waals surface area contributed by atoms with Crippen molar-refractivity contribution in [2.24, 2.45) is 0 Å². The van der Waals surface area contributed by atoms with Gasteiger partial charge >= 0.3 is 0 Å². The lowest BCUT2D eigenvalue weighted by Gasteiger charge is -2.48. The van der Waals surface area contributed by atoms with E-state index in [1.807, 2.05) is 121 Å². The molecule has 0 bridgehead atoms. The van der Waals surface area contributed by atoms with Crippen LogP contribution < -0.4 is 4.74 Å². The maximum absolute atomic E-state index is 16.8. The van der Waals surface area contributed by atoms with E-state index in [9.17, 15) is 9.90 Å². The highest BCUT2D eigenvalue weighted by atomic mass is 19.1. The zero-order valence-electron chi connectivity index (χ0n) is 27.9. The van der Waals surface area contributed by atoms with Crippen LogP contribution >= 0.6 is 0 Å². The van der Waals surface area contributed by atoms with E-state index in [4.69, 9.17) is 23.7 Å². The molecule has 50 heavy (non-hydrogen) atoms. The van der Waals surface area contributed by atoms with Crippen molar-refractivity contribution in [1.82, 2.24) is 0 Å². The molecule has 0 aliphatic carbocycles. The molecule has 0 saturated carbocycles. The summed E-state index contributed by atoms with van der Waals surface area (Å²) in [6.07, 6.45) is -5.04. The molecule has 258 valence electrons. The van der Waals surface area contributed by atoms with E-state index in [0.717, 1.165) is 22.3 Å². The second-order valence-corrected chi connectivity index (χ2v) is 12.4. The zero-order chi connectivity index (χ0) is 34.8. The Bertz CT molecular complexity index is 1790. The Morgan fingerprint density at radius 1 is 0.720 bits per heavy atom. The Labute approximate surface area is 292 Å². The molecule has 8 heteroatoms. The van der Waals surface area contributed by atoms with Crippen molar-refractivity contribution in [1.29, 1.82) is 0 Å².